The molecule has 2 aromatic rings. The van der Waals surface area contributed by atoms with E-state index in [1.807, 2.05) is 13.0 Å². The first-order valence-corrected chi connectivity index (χ1v) is 9.60. The number of hydrogen-bond acceptors (Lipinski definition) is 3. The number of carbonyl (C=O) groups is 1. The largest absolute Gasteiger partial charge is 0.346 e. The van der Waals surface area contributed by atoms with Crippen LogP contribution in [0, 0.1) is 6.92 Å². The van der Waals surface area contributed by atoms with E-state index >= 15 is 0 Å². The van der Waals surface area contributed by atoms with Gasteiger partial charge in [0.1, 0.15) is 5.82 Å². The number of amides is 1. The molecular weight excluding hydrogens is 312 g/mol. The zero-order valence-corrected chi connectivity index (χ0v) is 15.5. The van der Waals surface area contributed by atoms with Gasteiger partial charge in [-0.15, -0.1) is 0 Å². The average molecular weight is 342 g/mol. The number of benzene rings is 1. The van der Waals surface area contributed by atoms with Crippen molar-refractivity contribution in [3.8, 4) is 0 Å². The molecule has 1 amide bonds. The van der Waals surface area contributed by atoms with Gasteiger partial charge in [0, 0.05) is 6.42 Å². The minimum absolute atomic E-state index is 0.0987. The van der Waals surface area contributed by atoms with Gasteiger partial charge < -0.3 is 15.2 Å². The van der Waals surface area contributed by atoms with Gasteiger partial charge in [0.15, 0.2) is 0 Å². The fourth-order valence-electron chi connectivity index (χ4n) is 3.55. The molecule has 0 radical (unpaired) electrons. The van der Waals surface area contributed by atoms with Crippen LogP contribution in [-0.4, -0.2) is 40.4 Å². The fourth-order valence-corrected chi connectivity index (χ4v) is 3.55. The van der Waals surface area contributed by atoms with E-state index in [2.05, 4.69) is 39.2 Å². The van der Waals surface area contributed by atoms with Gasteiger partial charge in [-0.2, -0.15) is 0 Å². The van der Waals surface area contributed by atoms with E-state index in [0.717, 1.165) is 29.8 Å². The number of nitrogens with zero attached hydrogens (tertiary/aromatic N) is 2. The summed E-state index contributed by atoms with van der Waals surface area (Å²) in [6.07, 6.45) is 6.82. The molecule has 1 aliphatic rings. The summed E-state index contributed by atoms with van der Waals surface area (Å²) in [6, 6.07) is 6.06. The van der Waals surface area contributed by atoms with Gasteiger partial charge >= 0.3 is 0 Å². The summed E-state index contributed by atoms with van der Waals surface area (Å²) in [5.74, 6) is 0.931. The molecule has 0 unspecified atom stereocenters. The van der Waals surface area contributed by atoms with E-state index in [1.165, 1.54) is 44.3 Å². The number of hydrogen-bond donors (Lipinski definition) is 2. The predicted octanol–water partition coefficient (Wildman–Crippen LogP) is 3.70. The van der Waals surface area contributed by atoms with Crippen LogP contribution in [0.15, 0.2) is 18.2 Å². The summed E-state index contributed by atoms with van der Waals surface area (Å²) >= 11 is 0. The van der Waals surface area contributed by atoms with E-state index in [4.69, 9.17) is 0 Å². The number of fused-ring (bicyclic) bond motifs is 1. The zero-order valence-electron chi connectivity index (χ0n) is 15.5. The van der Waals surface area contributed by atoms with Crippen LogP contribution in [0.2, 0.25) is 0 Å². The Morgan fingerprint density at radius 2 is 2.04 bits per heavy atom. The van der Waals surface area contributed by atoms with Crippen molar-refractivity contribution in [1.82, 2.24) is 20.2 Å². The highest BCUT2D eigenvalue weighted by Crippen LogP contribution is 2.17. The summed E-state index contributed by atoms with van der Waals surface area (Å²) in [5.41, 5.74) is 3.17. The van der Waals surface area contributed by atoms with E-state index < -0.39 is 0 Å². The van der Waals surface area contributed by atoms with Gasteiger partial charge in [0.25, 0.3) is 0 Å². The molecule has 1 fully saturated rings. The second-order valence-corrected chi connectivity index (χ2v) is 7.29. The van der Waals surface area contributed by atoms with Gasteiger partial charge in [0.2, 0.25) is 5.91 Å². The van der Waals surface area contributed by atoms with E-state index in [1.54, 1.807) is 0 Å². The van der Waals surface area contributed by atoms with Crippen LogP contribution in [0.25, 0.3) is 11.0 Å². The number of H-pyrrole nitrogens is 1. The Bertz CT molecular complexity index is 701. The third kappa shape index (κ3) is 5.05. The first-order valence-electron chi connectivity index (χ1n) is 9.60. The summed E-state index contributed by atoms with van der Waals surface area (Å²) in [5, 5.41) is 3.07. The monoisotopic (exact) mass is 342 g/mol. The SMILES string of the molecule is Cc1ccc2nc([C@H](C)NC(=O)CCCN3CCCCCC3)[nH]c2c1. The molecule has 5 nitrogen and oxygen atoms in total. The van der Waals surface area contributed by atoms with Crippen molar-refractivity contribution in [3.63, 3.8) is 0 Å². The number of aryl methyl sites for hydroxylation is 1. The zero-order chi connectivity index (χ0) is 17.6. The van der Waals surface area contributed by atoms with Crippen molar-refractivity contribution in [2.24, 2.45) is 0 Å². The highest BCUT2D eigenvalue weighted by atomic mass is 16.1. The Morgan fingerprint density at radius 1 is 1.28 bits per heavy atom. The number of imidazole rings is 1. The molecule has 3 rings (SSSR count). The molecule has 1 aromatic carbocycles. The summed E-state index contributed by atoms with van der Waals surface area (Å²) in [4.78, 5) is 22.7. The maximum Gasteiger partial charge on any atom is 0.220 e. The molecule has 136 valence electrons. The normalized spacial score (nSPS) is 17.4. The molecule has 2 N–H and O–H groups in total. The number of aromatic nitrogens is 2. The third-order valence-electron chi connectivity index (χ3n) is 5.02. The summed E-state index contributed by atoms with van der Waals surface area (Å²) in [6.45, 7) is 7.46. The number of rotatable bonds is 6. The molecule has 0 saturated carbocycles. The number of aromatic amines is 1. The minimum atomic E-state index is -0.0987. The highest BCUT2D eigenvalue weighted by Gasteiger charge is 2.14. The van der Waals surface area contributed by atoms with Crippen molar-refractivity contribution in [2.75, 3.05) is 19.6 Å². The van der Waals surface area contributed by atoms with Crippen molar-refractivity contribution in [3.05, 3.63) is 29.6 Å². The van der Waals surface area contributed by atoms with Crippen LogP contribution >= 0.6 is 0 Å². The van der Waals surface area contributed by atoms with Gasteiger partial charge in [-0.25, -0.2) is 4.98 Å². The maximum atomic E-state index is 12.2. The Morgan fingerprint density at radius 3 is 2.80 bits per heavy atom. The molecule has 1 atom stereocenters. The van der Waals surface area contributed by atoms with Crippen molar-refractivity contribution < 1.29 is 4.79 Å². The Hall–Kier alpha value is -1.88. The van der Waals surface area contributed by atoms with Crippen molar-refractivity contribution in [1.29, 1.82) is 0 Å². The second kappa shape index (κ2) is 8.48. The van der Waals surface area contributed by atoms with Crippen LogP contribution < -0.4 is 5.32 Å². The number of nitrogens with one attached hydrogen (secondary N) is 2. The minimum Gasteiger partial charge on any atom is -0.346 e. The molecule has 25 heavy (non-hydrogen) atoms. The van der Waals surface area contributed by atoms with Gasteiger partial charge in [-0.05, 0) is 70.4 Å². The Kier molecular flexibility index (Phi) is 6.08. The quantitative estimate of drug-likeness (QED) is 0.841. The topological polar surface area (TPSA) is 61.0 Å². The van der Waals surface area contributed by atoms with Gasteiger partial charge in [-0.1, -0.05) is 18.9 Å². The predicted molar refractivity (Wildman–Crippen MR) is 102 cm³/mol. The fraction of sp³-hybridized carbons (Fsp3) is 0.600. The lowest BCUT2D eigenvalue weighted by atomic mass is 10.2. The number of carbonyl (C=O) groups excluding carboxylic acids is 1. The van der Waals surface area contributed by atoms with Crippen LogP contribution in [0.1, 0.15) is 62.9 Å². The van der Waals surface area contributed by atoms with E-state index in [-0.39, 0.29) is 11.9 Å². The van der Waals surface area contributed by atoms with Crippen molar-refractivity contribution in [2.45, 2.75) is 58.4 Å². The Labute approximate surface area is 150 Å². The first kappa shape index (κ1) is 17.9. The lowest BCUT2D eigenvalue weighted by Crippen LogP contribution is -2.30. The molecule has 0 bridgehead atoms. The molecule has 1 aromatic heterocycles. The molecule has 5 heteroatoms. The third-order valence-corrected chi connectivity index (χ3v) is 5.02. The van der Waals surface area contributed by atoms with E-state index in [0.29, 0.717) is 6.42 Å². The second-order valence-electron chi connectivity index (χ2n) is 7.29. The Balaban J connectivity index is 1.46. The number of likely N-dealkylation sites (tertiary alicyclic amines) is 1. The summed E-state index contributed by atoms with van der Waals surface area (Å²) in [7, 11) is 0. The lowest BCUT2D eigenvalue weighted by molar-refractivity contribution is -0.121. The van der Waals surface area contributed by atoms with Crippen molar-refractivity contribution >= 4 is 16.9 Å². The molecule has 1 saturated heterocycles. The van der Waals surface area contributed by atoms with Crippen LogP contribution in [0.3, 0.4) is 0 Å². The molecule has 2 heterocycles. The summed E-state index contributed by atoms with van der Waals surface area (Å²) < 4.78 is 0. The van der Waals surface area contributed by atoms with Crippen LogP contribution in [0.4, 0.5) is 0 Å². The average Bonchev–Trinajstić information content (AvgIpc) is 2.82. The highest BCUT2D eigenvalue weighted by molar-refractivity contribution is 5.77. The van der Waals surface area contributed by atoms with Crippen LogP contribution in [0.5, 0.6) is 0 Å². The lowest BCUT2D eigenvalue weighted by Gasteiger charge is -2.19. The molecule has 1 aliphatic heterocycles. The maximum absolute atomic E-state index is 12.2. The smallest absolute Gasteiger partial charge is 0.220 e. The standard InChI is InChI=1S/C20H30N4O/c1-15-9-10-17-18(14-15)23-20(22-17)16(2)21-19(25)8-7-13-24-11-5-3-4-6-12-24/h9-10,14,16H,3-8,11-13H2,1-2H3,(H,21,25)(H,22,23)/t16-/m0/s1. The molecular formula is C20H30N4O. The molecule has 0 aliphatic carbocycles. The van der Waals surface area contributed by atoms with Crippen LogP contribution in [-0.2, 0) is 4.79 Å². The van der Waals surface area contributed by atoms with Gasteiger partial charge in [0.05, 0.1) is 17.1 Å². The van der Waals surface area contributed by atoms with E-state index in [9.17, 15) is 4.79 Å². The molecule has 0 spiro atoms. The van der Waals surface area contributed by atoms with Gasteiger partial charge in [-0.3, -0.25) is 4.79 Å². The first-order chi connectivity index (χ1) is 12.1.